The van der Waals surface area contributed by atoms with E-state index in [-0.39, 0.29) is 28.6 Å². The van der Waals surface area contributed by atoms with Gasteiger partial charge in [0.25, 0.3) is 0 Å². The van der Waals surface area contributed by atoms with Gasteiger partial charge in [-0.05, 0) is 49.9 Å². The normalized spacial score (nSPS) is 19.9. The fraction of sp³-hybridized carbons (Fsp3) is 0.300. The molecule has 0 bridgehead atoms. The van der Waals surface area contributed by atoms with Crippen LogP contribution in [0, 0.1) is 0 Å². The monoisotopic (exact) mass is 468 g/mol. The van der Waals surface area contributed by atoms with E-state index in [9.17, 15) is 21.6 Å². The maximum absolute atomic E-state index is 12.6. The molecule has 0 spiro atoms. The smallest absolute Gasteiger partial charge is 0.406 e. The van der Waals surface area contributed by atoms with Crippen LogP contribution in [0.4, 0.5) is 13.2 Å². The summed E-state index contributed by atoms with van der Waals surface area (Å²) in [6, 6.07) is 12.5. The number of alkyl halides is 3. The molecule has 1 aliphatic rings. The van der Waals surface area contributed by atoms with Crippen molar-refractivity contribution in [1.29, 1.82) is 0 Å². The molecular weight excluding hydrogens is 449 g/mol. The second-order valence-electron chi connectivity index (χ2n) is 7.35. The van der Waals surface area contributed by atoms with E-state index in [0.29, 0.717) is 24.4 Å². The Morgan fingerprint density at radius 2 is 1.81 bits per heavy atom. The Kier molecular flexibility index (Phi) is 5.93. The van der Waals surface area contributed by atoms with Crippen LogP contribution in [0.15, 0.2) is 64.0 Å². The topological polar surface area (TPSA) is 97.6 Å². The molecular formula is C20H19F3N4O4S. The number of nitrogens with zero attached hydrogens (tertiary/aromatic N) is 3. The third-order valence-electron chi connectivity index (χ3n) is 5.00. The minimum absolute atomic E-state index is 0.184. The molecule has 0 saturated carbocycles. The molecule has 0 radical (unpaired) electrons. The van der Waals surface area contributed by atoms with Crippen LogP contribution < -0.4 is 9.46 Å². The number of likely N-dealkylation sites (N-methyl/N-ethyl adjacent to an activating group) is 1. The van der Waals surface area contributed by atoms with Gasteiger partial charge in [-0.3, -0.25) is 4.90 Å². The lowest BCUT2D eigenvalue weighted by molar-refractivity contribution is -0.274. The van der Waals surface area contributed by atoms with Gasteiger partial charge in [0.1, 0.15) is 5.75 Å². The van der Waals surface area contributed by atoms with Gasteiger partial charge in [-0.2, -0.15) is 4.98 Å². The summed E-state index contributed by atoms with van der Waals surface area (Å²) in [5.41, 5.74) is 0.455. The van der Waals surface area contributed by atoms with E-state index >= 15 is 0 Å². The van der Waals surface area contributed by atoms with Gasteiger partial charge in [0.15, 0.2) is 0 Å². The zero-order valence-electron chi connectivity index (χ0n) is 16.8. The van der Waals surface area contributed by atoms with Crippen molar-refractivity contribution in [2.75, 3.05) is 13.6 Å². The largest absolute Gasteiger partial charge is 0.573 e. The molecule has 1 aromatic heterocycles. The van der Waals surface area contributed by atoms with Crippen LogP contribution in [0.2, 0.25) is 0 Å². The summed E-state index contributed by atoms with van der Waals surface area (Å²) in [6.07, 6.45) is -4.35. The molecule has 0 amide bonds. The summed E-state index contributed by atoms with van der Waals surface area (Å²) < 4.78 is 74.0. The van der Waals surface area contributed by atoms with Gasteiger partial charge in [-0.25, -0.2) is 13.1 Å². The molecule has 32 heavy (non-hydrogen) atoms. The van der Waals surface area contributed by atoms with Crippen LogP contribution in [0.3, 0.4) is 0 Å². The molecule has 1 aliphatic heterocycles. The quantitative estimate of drug-likeness (QED) is 0.593. The number of halogens is 3. The van der Waals surface area contributed by atoms with Crippen molar-refractivity contribution in [3.8, 4) is 17.1 Å². The van der Waals surface area contributed by atoms with Crippen molar-refractivity contribution in [1.82, 2.24) is 19.8 Å². The standard InChI is InChI=1S/C20H19F3N4O4S/c1-27-12-14(26-32(28,29)16-5-3-2-4-6-16)11-17(27)19-24-18(25-31-19)13-7-9-15(10-8-13)30-20(21,22)23/h2-10,14,17,26H,11-12H2,1H3/t14-,17-/m0/s1. The number of likely N-dealkylation sites (tertiary alicyclic amines) is 1. The van der Waals surface area contributed by atoms with Gasteiger partial charge < -0.3 is 9.26 Å². The minimum Gasteiger partial charge on any atom is -0.406 e. The summed E-state index contributed by atoms with van der Waals surface area (Å²) in [6.45, 7) is 0.442. The van der Waals surface area contributed by atoms with E-state index in [1.807, 2.05) is 11.9 Å². The average Bonchev–Trinajstić information content (AvgIpc) is 3.34. The Balaban J connectivity index is 1.44. The van der Waals surface area contributed by atoms with Crippen molar-refractivity contribution >= 4 is 10.0 Å². The predicted octanol–water partition coefficient (Wildman–Crippen LogP) is 3.36. The van der Waals surface area contributed by atoms with E-state index in [0.717, 1.165) is 12.1 Å². The SMILES string of the molecule is CN1C[C@@H](NS(=O)(=O)c2ccccc2)C[C@H]1c1nc(-c2ccc(OC(F)(F)F)cc2)no1. The van der Waals surface area contributed by atoms with Gasteiger partial charge >= 0.3 is 6.36 Å². The molecule has 170 valence electrons. The number of hydrogen-bond acceptors (Lipinski definition) is 7. The number of rotatable bonds is 6. The zero-order chi connectivity index (χ0) is 22.9. The summed E-state index contributed by atoms with van der Waals surface area (Å²) in [5.74, 6) is 0.147. The molecule has 1 N–H and O–H groups in total. The number of ether oxygens (including phenoxy) is 1. The molecule has 0 aliphatic carbocycles. The summed E-state index contributed by atoms with van der Waals surface area (Å²) in [4.78, 5) is 6.43. The molecule has 8 nitrogen and oxygen atoms in total. The first-order valence-electron chi connectivity index (χ1n) is 9.58. The average molecular weight is 468 g/mol. The van der Waals surface area contributed by atoms with Crippen LogP contribution in [-0.4, -0.2) is 49.5 Å². The fourth-order valence-corrected chi connectivity index (χ4v) is 4.82. The predicted molar refractivity (Wildman–Crippen MR) is 107 cm³/mol. The number of nitrogens with one attached hydrogen (secondary N) is 1. The first-order valence-corrected chi connectivity index (χ1v) is 11.1. The van der Waals surface area contributed by atoms with Crippen molar-refractivity contribution < 1.29 is 30.8 Å². The molecule has 4 rings (SSSR count). The lowest BCUT2D eigenvalue weighted by Gasteiger charge is -2.14. The summed E-state index contributed by atoms with van der Waals surface area (Å²) >= 11 is 0. The van der Waals surface area contributed by atoms with Crippen LogP contribution >= 0.6 is 0 Å². The maximum atomic E-state index is 12.6. The van der Waals surface area contributed by atoms with Crippen molar-refractivity contribution in [2.45, 2.75) is 29.8 Å². The molecule has 1 fully saturated rings. The van der Waals surface area contributed by atoms with Crippen LogP contribution in [-0.2, 0) is 10.0 Å². The summed E-state index contributed by atoms with van der Waals surface area (Å²) in [7, 11) is -1.85. The van der Waals surface area contributed by atoms with Crippen LogP contribution in [0.5, 0.6) is 5.75 Å². The van der Waals surface area contributed by atoms with Gasteiger partial charge in [0.2, 0.25) is 21.7 Å². The minimum atomic E-state index is -4.77. The third-order valence-corrected chi connectivity index (χ3v) is 6.53. The molecule has 2 atom stereocenters. The second-order valence-corrected chi connectivity index (χ2v) is 9.06. The highest BCUT2D eigenvalue weighted by Crippen LogP contribution is 2.32. The molecule has 2 aromatic carbocycles. The van der Waals surface area contributed by atoms with Gasteiger partial charge in [0.05, 0.1) is 10.9 Å². The Morgan fingerprint density at radius 1 is 1.12 bits per heavy atom. The number of benzene rings is 2. The van der Waals surface area contributed by atoms with Crippen molar-refractivity contribution in [3.05, 3.63) is 60.5 Å². The lowest BCUT2D eigenvalue weighted by atomic mass is 10.2. The Morgan fingerprint density at radius 3 is 2.47 bits per heavy atom. The molecule has 3 aromatic rings. The van der Waals surface area contributed by atoms with Gasteiger partial charge in [-0.15, -0.1) is 13.2 Å². The van der Waals surface area contributed by atoms with E-state index in [4.69, 9.17) is 4.52 Å². The molecule has 12 heteroatoms. The Labute approximate surface area is 182 Å². The van der Waals surface area contributed by atoms with Gasteiger partial charge in [-0.1, -0.05) is 23.4 Å². The van der Waals surface area contributed by atoms with E-state index in [1.165, 1.54) is 24.3 Å². The maximum Gasteiger partial charge on any atom is 0.573 e. The van der Waals surface area contributed by atoms with Crippen LogP contribution in [0.25, 0.3) is 11.4 Å². The Hall–Kier alpha value is -2.96. The van der Waals surface area contributed by atoms with Gasteiger partial charge in [0, 0.05) is 18.2 Å². The molecule has 1 saturated heterocycles. The van der Waals surface area contributed by atoms with E-state index in [2.05, 4.69) is 19.6 Å². The number of sulfonamides is 1. The highest BCUT2D eigenvalue weighted by molar-refractivity contribution is 7.89. The van der Waals surface area contributed by atoms with Crippen LogP contribution in [0.1, 0.15) is 18.4 Å². The zero-order valence-corrected chi connectivity index (χ0v) is 17.6. The number of hydrogen-bond donors (Lipinski definition) is 1. The second kappa shape index (κ2) is 8.52. The highest BCUT2D eigenvalue weighted by Gasteiger charge is 2.36. The number of aromatic nitrogens is 2. The van der Waals surface area contributed by atoms with E-state index < -0.39 is 16.4 Å². The summed E-state index contributed by atoms with van der Waals surface area (Å²) in [5, 5.41) is 3.90. The first-order chi connectivity index (χ1) is 15.1. The highest BCUT2D eigenvalue weighted by atomic mass is 32.2. The van der Waals surface area contributed by atoms with Crippen molar-refractivity contribution in [3.63, 3.8) is 0 Å². The Bertz CT molecular complexity index is 1170. The molecule has 2 heterocycles. The lowest BCUT2D eigenvalue weighted by Crippen LogP contribution is -2.36. The van der Waals surface area contributed by atoms with Crippen molar-refractivity contribution in [2.24, 2.45) is 0 Å². The molecule has 0 unspecified atom stereocenters. The fourth-order valence-electron chi connectivity index (χ4n) is 3.55. The third kappa shape index (κ3) is 5.09. The first kappa shape index (κ1) is 22.2. The van der Waals surface area contributed by atoms with E-state index in [1.54, 1.807) is 18.2 Å².